The molecule has 40 heavy (non-hydrogen) atoms. The highest BCUT2D eigenvalue weighted by atomic mass is 31.2. The van der Waals surface area contributed by atoms with Crippen LogP contribution in [0.15, 0.2) is 0 Å². The normalized spacial score (nSPS) is 13.4. The summed E-state index contributed by atoms with van der Waals surface area (Å²) in [7, 11) is -4.73. The molecule has 0 aliphatic carbocycles. The van der Waals surface area contributed by atoms with E-state index in [-0.39, 0.29) is 19.4 Å². The largest absolute Gasteiger partial charge is 0.469 e. The van der Waals surface area contributed by atoms with E-state index in [9.17, 15) is 14.2 Å². The SMILES string of the molecule is CCC(C)CCCCCCCCCCC(=O)O[C@H](COC(=O)CCCCCCCCCC(C)C)COP(=O)(O)O. The minimum atomic E-state index is -4.73. The van der Waals surface area contributed by atoms with Crippen LogP contribution in [0.5, 0.6) is 0 Å². The zero-order valence-electron chi connectivity index (χ0n) is 26.1. The van der Waals surface area contributed by atoms with Gasteiger partial charge in [-0.15, -0.1) is 0 Å². The maximum Gasteiger partial charge on any atom is 0.469 e. The van der Waals surface area contributed by atoms with Gasteiger partial charge in [0.1, 0.15) is 6.61 Å². The minimum Gasteiger partial charge on any atom is -0.462 e. The number of unbranched alkanes of at least 4 members (excludes halogenated alkanes) is 13. The first kappa shape index (κ1) is 39.0. The van der Waals surface area contributed by atoms with E-state index in [2.05, 4.69) is 32.2 Å². The van der Waals surface area contributed by atoms with E-state index in [0.717, 1.165) is 50.4 Å². The molecule has 0 aliphatic rings. The molecule has 0 amide bonds. The molecule has 8 nitrogen and oxygen atoms in total. The smallest absolute Gasteiger partial charge is 0.462 e. The molecule has 0 aromatic rings. The Bertz CT molecular complexity index is 664. The number of carbonyl (C=O) groups is 2. The highest BCUT2D eigenvalue weighted by Crippen LogP contribution is 2.36. The van der Waals surface area contributed by atoms with E-state index < -0.39 is 32.5 Å². The Hall–Kier alpha value is -0.950. The van der Waals surface area contributed by atoms with Crippen molar-refractivity contribution >= 4 is 19.8 Å². The summed E-state index contributed by atoms with van der Waals surface area (Å²) in [6.45, 7) is 8.23. The van der Waals surface area contributed by atoms with Gasteiger partial charge < -0.3 is 19.3 Å². The van der Waals surface area contributed by atoms with E-state index in [4.69, 9.17) is 19.3 Å². The molecule has 0 heterocycles. The van der Waals surface area contributed by atoms with Crippen LogP contribution in [-0.4, -0.2) is 41.0 Å². The molecule has 9 heteroatoms. The molecule has 2 atom stereocenters. The Morgan fingerprint density at radius 2 is 1.10 bits per heavy atom. The van der Waals surface area contributed by atoms with Gasteiger partial charge in [-0.05, 0) is 24.7 Å². The highest BCUT2D eigenvalue weighted by Gasteiger charge is 2.22. The van der Waals surface area contributed by atoms with Crippen LogP contribution in [0.1, 0.15) is 156 Å². The fraction of sp³-hybridized carbons (Fsp3) is 0.935. The first-order valence-corrected chi connectivity index (χ1v) is 17.6. The van der Waals surface area contributed by atoms with Crippen molar-refractivity contribution in [3.63, 3.8) is 0 Å². The maximum absolute atomic E-state index is 12.3. The predicted molar refractivity (Wildman–Crippen MR) is 161 cm³/mol. The predicted octanol–water partition coefficient (Wildman–Crippen LogP) is 8.66. The van der Waals surface area contributed by atoms with Crippen molar-refractivity contribution in [1.82, 2.24) is 0 Å². The fourth-order valence-electron chi connectivity index (χ4n) is 4.53. The van der Waals surface area contributed by atoms with Gasteiger partial charge in [0, 0.05) is 12.8 Å². The van der Waals surface area contributed by atoms with Crippen molar-refractivity contribution in [3.05, 3.63) is 0 Å². The van der Waals surface area contributed by atoms with Crippen LogP contribution in [0.2, 0.25) is 0 Å². The van der Waals surface area contributed by atoms with Crippen molar-refractivity contribution in [2.75, 3.05) is 13.2 Å². The molecule has 0 aliphatic heterocycles. The molecule has 0 saturated heterocycles. The number of hydrogen-bond donors (Lipinski definition) is 2. The summed E-state index contributed by atoms with van der Waals surface area (Å²) in [5.41, 5.74) is 0. The lowest BCUT2D eigenvalue weighted by molar-refractivity contribution is -0.161. The molecule has 238 valence electrons. The number of hydrogen-bond acceptors (Lipinski definition) is 6. The van der Waals surface area contributed by atoms with Gasteiger partial charge >= 0.3 is 19.8 Å². The van der Waals surface area contributed by atoms with Gasteiger partial charge in [0.25, 0.3) is 0 Å². The second-order valence-electron chi connectivity index (χ2n) is 11.9. The molecule has 0 rings (SSSR count). The number of phosphoric acid groups is 1. The molecule has 0 saturated carbocycles. The number of esters is 2. The van der Waals surface area contributed by atoms with Gasteiger partial charge in [0.05, 0.1) is 6.61 Å². The van der Waals surface area contributed by atoms with Gasteiger partial charge in [-0.1, -0.05) is 130 Å². The lowest BCUT2D eigenvalue weighted by Crippen LogP contribution is -2.29. The summed E-state index contributed by atoms with van der Waals surface area (Å²) < 4.78 is 26.1. The molecule has 0 aromatic carbocycles. The van der Waals surface area contributed by atoms with Gasteiger partial charge in [-0.3, -0.25) is 14.1 Å². The minimum absolute atomic E-state index is 0.215. The van der Waals surface area contributed by atoms with Crippen molar-refractivity contribution in [3.8, 4) is 0 Å². The molecule has 2 N–H and O–H groups in total. The summed E-state index contributed by atoms with van der Waals surface area (Å²) >= 11 is 0. The Morgan fingerprint density at radius 1 is 0.650 bits per heavy atom. The zero-order valence-corrected chi connectivity index (χ0v) is 27.0. The van der Waals surface area contributed by atoms with Gasteiger partial charge in [-0.25, -0.2) is 4.57 Å². The Balaban J connectivity index is 4.05. The van der Waals surface area contributed by atoms with E-state index in [1.807, 2.05) is 0 Å². The molecular formula is C31H61O8P. The van der Waals surface area contributed by atoms with Gasteiger partial charge in [0.2, 0.25) is 0 Å². The summed E-state index contributed by atoms with van der Waals surface area (Å²) in [5.74, 6) is 0.697. The van der Waals surface area contributed by atoms with Crippen LogP contribution < -0.4 is 0 Å². The third kappa shape index (κ3) is 28.6. The van der Waals surface area contributed by atoms with Gasteiger partial charge in [-0.2, -0.15) is 0 Å². The van der Waals surface area contributed by atoms with Crippen LogP contribution in [0.4, 0.5) is 0 Å². The van der Waals surface area contributed by atoms with E-state index >= 15 is 0 Å². The summed E-state index contributed by atoms with van der Waals surface area (Å²) in [4.78, 5) is 42.4. The summed E-state index contributed by atoms with van der Waals surface area (Å²) in [6, 6.07) is 0. The zero-order chi connectivity index (χ0) is 30.1. The Morgan fingerprint density at radius 3 is 1.57 bits per heavy atom. The summed E-state index contributed by atoms with van der Waals surface area (Å²) in [5, 5.41) is 0. The number of phosphoric ester groups is 1. The first-order valence-electron chi connectivity index (χ1n) is 16.1. The number of carbonyl (C=O) groups excluding carboxylic acids is 2. The molecule has 0 spiro atoms. The van der Waals surface area contributed by atoms with Crippen LogP contribution in [0.3, 0.4) is 0 Å². The lowest BCUT2D eigenvalue weighted by atomic mass is 9.99. The Labute approximate surface area is 244 Å². The fourth-order valence-corrected chi connectivity index (χ4v) is 4.89. The van der Waals surface area contributed by atoms with Crippen LogP contribution in [-0.2, 0) is 28.2 Å². The average Bonchev–Trinajstić information content (AvgIpc) is 2.89. The monoisotopic (exact) mass is 592 g/mol. The van der Waals surface area contributed by atoms with Crippen molar-refractivity contribution in [1.29, 1.82) is 0 Å². The summed E-state index contributed by atoms with van der Waals surface area (Å²) in [6.07, 6.45) is 19.9. The van der Waals surface area contributed by atoms with Crippen molar-refractivity contribution < 1.29 is 37.9 Å². The molecular weight excluding hydrogens is 531 g/mol. The molecule has 0 radical (unpaired) electrons. The maximum atomic E-state index is 12.3. The van der Waals surface area contributed by atoms with E-state index in [0.29, 0.717) is 6.42 Å². The van der Waals surface area contributed by atoms with E-state index in [1.54, 1.807) is 0 Å². The topological polar surface area (TPSA) is 119 Å². The standard InChI is InChI=1S/C31H61O8P/c1-5-28(4)22-18-14-10-6-7-11-16-20-24-31(33)39-29(26-38-40(34,35)36)25-37-30(32)23-19-15-12-8-9-13-17-21-27(2)3/h27-29H,5-26H2,1-4H3,(H2,34,35,36)/t28?,29-/m1/s1. The second kappa shape index (κ2) is 25.7. The van der Waals surface area contributed by atoms with Gasteiger partial charge in [0.15, 0.2) is 6.10 Å². The lowest BCUT2D eigenvalue weighted by Gasteiger charge is -2.18. The third-order valence-electron chi connectivity index (χ3n) is 7.34. The van der Waals surface area contributed by atoms with Crippen LogP contribution in [0.25, 0.3) is 0 Å². The quantitative estimate of drug-likeness (QED) is 0.0526. The van der Waals surface area contributed by atoms with Crippen LogP contribution >= 0.6 is 7.82 Å². The third-order valence-corrected chi connectivity index (χ3v) is 7.83. The van der Waals surface area contributed by atoms with E-state index in [1.165, 1.54) is 70.6 Å². The van der Waals surface area contributed by atoms with Crippen LogP contribution in [0, 0.1) is 11.8 Å². The average molecular weight is 593 g/mol. The first-order chi connectivity index (χ1) is 19.0. The Kier molecular flexibility index (Phi) is 25.1. The second-order valence-corrected chi connectivity index (χ2v) is 13.1. The highest BCUT2D eigenvalue weighted by molar-refractivity contribution is 7.46. The molecule has 1 unspecified atom stereocenters. The molecule has 0 bridgehead atoms. The molecule has 0 fully saturated rings. The van der Waals surface area contributed by atoms with Crippen molar-refractivity contribution in [2.24, 2.45) is 11.8 Å². The number of ether oxygens (including phenoxy) is 2. The molecule has 0 aromatic heterocycles. The van der Waals surface area contributed by atoms with Crippen molar-refractivity contribution in [2.45, 2.75) is 162 Å². The number of rotatable bonds is 28.